The monoisotopic (exact) mass is 400 g/mol. The molecule has 0 aliphatic carbocycles. The van der Waals surface area contributed by atoms with Gasteiger partial charge < -0.3 is 10.6 Å². The predicted molar refractivity (Wildman–Crippen MR) is 100 cm³/mol. The van der Waals surface area contributed by atoms with Gasteiger partial charge in [0, 0.05) is 6.20 Å². The summed E-state index contributed by atoms with van der Waals surface area (Å²) in [6.45, 7) is -0.00298. The number of carbonyl (C=O) groups is 2. The van der Waals surface area contributed by atoms with Gasteiger partial charge in [-0.1, -0.05) is 40.9 Å². The molecule has 1 aromatic heterocycles. The number of anilines is 2. The molecule has 0 saturated heterocycles. The van der Waals surface area contributed by atoms with Crippen molar-refractivity contribution in [2.45, 2.75) is 0 Å². The molecule has 0 saturated carbocycles. The van der Waals surface area contributed by atoms with Gasteiger partial charge >= 0.3 is 0 Å². The summed E-state index contributed by atoms with van der Waals surface area (Å²) in [5.74, 6) is -0.258. The first-order valence-corrected chi connectivity index (χ1v) is 8.32. The van der Waals surface area contributed by atoms with Crippen molar-refractivity contribution in [1.29, 1.82) is 0 Å². The van der Waals surface area contributed by atoms with Gasteiger partial charge in [-0.2, -0.15) is 0 Å². The summed E-state index contributed by atoms with van der Waals surface area (Å²) in [5.41, 5.74) is 0.346. The van der Waals surface area contributed by atoms with Crippen LogP contribution in [0.15, 0.2) is 36.5 Å². The topological polar surface area (TPSA) is 74.3 Å². The molecular formula is C16H15Cl3N4O2. The van der Waals surface area contributed by atoms with E-state index in [0.717, 1.165) is 0 Å². The molecule has 0 atom stereocenters. The van der Waals surface area contributed by atoms with E-state index in [9.17, 15) is 9.59 Å². The SMILES string of the molecule is CN(CC(=O)Nc1ccc(Cl)cn1)CC(=O)Nc1c(Cl)cccc1Cl. The molecule has 0 unspecified atom stereocenters. The van der Waals surface area contributed by atoms with Crippen LogP contribution in [0.3, 0.4) is 0 Å². The maximum Gasteiger partial charge on any atom is 0.239 e. The fourth-order valence-corrected chi connectivity index (χ4v) is 2.58. The number of hydrogen-bond acceptors (Lipinski definition) is 4. The number of carbonyl (C=O) groups excluding carboxylic acids is 2. The molecule has 0 spiro atoms. The Balaban J connectivity index is 1.84. The summed E-state index contributed by atoms with van der Waals surface area (Å²) < 4.78 is 0. The Morgan fingerprint density at radius 3 is 2.16 bits per heavy atom. The van der Waals surface area contributed by atoms with Crippen LogP contribution in [0.4, 0.5) is 11.5 Å². The van der Waals surface area contributed by atoms with Crippen LogP contribution < -0.4 is 10.6 Å². The second-order valence-corrected chi connectivity index (χ2v) is 6.48. The third kappa shape index (κ3) is 6.17. The molecule has 132 valence electrons. The number of likely N-dealkylation sites (N-methyl/N-ethyl adjacent to an activating group) is 1. The maximum atomic E-state index is 12.1. The Morgan fingerprint density at radius 2 is 1.60 bits per heavy atom. The summed E-state index contributed by atoms with van der Waals surface area (Å²) >= 11 is 17.7. The Labute approximate surface area is 160 Å². The highest BCUT2D eigenvalue weighted by molar-refractivity contribution is 6.39. The average molecular weight is 402 g/mol. The van der Waals surface area contributed by atoms with Crippen LogP contribution in [0, 0.1) is 0 Å². The lowest BCUT2D eigenvalue weighted by Crippen LogP contribution is -2.36. The molecule has 0 radical (unpaired) electrons. The Bertz CT molecular complexity index is 748. The van der Waals surface area contributed by atoms with Crippen LogP contribution in [0.25, 0.3) is 0 Å². The van der Waals surface area contributed by atoms with Crippen LogP contribution >= 0.6 is 34.8 Å². The van der Waals surface area contributed by atoms with Gasteiger partial charge in [0.05, 0.1) is 33.8 Å². The van der Waals surface area contributed by atoms with Gasteiger partial charge in [-0.3, -0.25) is 14.5 Å². The molecular weight excluding hydrogens is 387 g/mol. The third-order valence-electron chi connectivity index (χ3n) is 3.05. The fourth-order valence-electron chi connectivity index (χ4n) is 1.97. The van der Waals surface area contributed by atoms with E-state index in [-0.39, 0.29) is 24.9 Å². The number of benzene rings is 1. The van der Waals surface area contributed by atoms with E-state index in [0.29, 0.717) is 26.6 Å². The second-order valence-electron chi connectivity index (χ2n) is 5.23. The number of aromatic nitrogens is 1. The molecule has 6 nitrogen and oxygen atoms in total. The summed E-state index contributed by atoms with van der Waals surface area (Å²) in [4.78, 5) is 29.5. The van der Waals surface area contributed by atoms with Gasteiger partial charge in [0.25, 0.3) is 0 Å². The van der Waals surface area contributed by atoms with Gasteiger partial charge in [0.15, 0.2) is 0 Å². The van der Waals surface area contributed by atoms with Crippen molar-refractivity contribution in [2.24, 2.45) is 0 Å². The van der Waals surface area contributed by atoms with Crippen molar-refractivity contribution in [2.75, 3.05) is 30.8 Å². The van der Waals surface area contributed by atoms with Crippen molar-refractivity contribution in [3.05, 3.63) is 51.6 Å². The van der Waals surface area contributed by atoms with Crippen LogP contribution in [-0.2, 0) is 9.59 Å². The zero-order chi connectivity index (χ0) is 18.4. The summed E-state index contributed by atoms with van der Waals surface area (Å²) in [5, 5.41) is 6.41. The minimum absolute atomic E-state index is 0.00792. The molecule has 0 bridgehead atoms. The van der Waals surface area contributed by atoms with E-state index >= 15 is 0 Å². The first kappa shape index (κ1) is 19.5. The zero-order valence-corrected chi connectivity index (χ0v) is 15.5. The normalized spacial score (nSPS) is 10.6. The lowest BCUT2D eigenvalue weighted by molar-refractivity contribution is -0.119. The predicted octanol–water partition coefficient (Wildman–Crippen LogP) is 3.55. The van der Waals surface area contributed by atoms with Crippen LogP contribution in [0.5, 0.6) is 0 Å². The number of halogens is 3. The Kier molecular flexibility index (Phi) is 7.01. The highest BCUT2D eigenvalue weighted by Crippen LogP contribution is 2.29. The molecule has 0 fully saturated rings. The summed E-state index contributed by atoms with van der Waals surface area (Å²) in [7, 11) is 1.64. The highest BCUT2D eigenvalue weighted by Gasteiger charge is 2.14. The molecule has 0 aliphatic heterocycles. The minimum atomic E-state index is -0.338. The van der Waals surface area contributed by atoms with Crippen molar-refractivity contribution in [3.8, 4) is 0 Å². The molecule has 2 aromatic rings. The van der Waals surface area contributed by atoms with Gasteiger partial charge in [-0.05, 0) is 31.3 Å². The number of para-hydroxylation sites is 1. The Morgan fingerprint density at radius 1 is 1.00 bits per heavy atom. The molecule has 1 heterocycles. The smallest absolute Gasteiger partial charge is 0.239 e. The van der Waals surface area contributed by atoms with Gasteiger partial charge in [-0.25, -0.2) is 4.98 Å². The number of amides is 2. The van der Waals surface area contributed by atoms with Crippen LogP contribution in [0.1, 0.15) is 0 Å². The van der Waals surface area contributed by atoms with Crippen molar-refractivity contribution in [1.82, 2.24) is 9.88 Å². The van der Waals surface area contributed by atoms with E-state index in [4.69, 9.17) is 34.8 Å². The third-order valence-corrected chi connectivity index (χ3v) is 3.90. The van der Waals surface area contributed by atoms with E-state index in [1.54, 1.807) is 42.3 Å². The standard InChI is InChI=1S/C16H15Cl3N4O2/c1-23(8-14(24)21-13-6-5-10(17)7-20-13)9-15(25)22-16-11(18)3-2-4-12(16)19/h2-7H,8-9H2,1H3,(H,22,25)(H,20,21,24). The van der Waals surface area contributed by atoms with Crippen LogP contribution in [0.2, 0.25) is 15.1 Å². The first-order valence-electron chi connectivity index (χ1n) is 7.19. The number of pyridine rings is 1. The van der Waals surface area contributed by atoms with Crippen molar-refractivity contribution in [3.63, 3.8) is 0 Å². The molecule has 2 amide bonds. The number of nitrogens with zero attached hydrogens (tertiary/aromatic N) is 2. The lowest BCUT2D eigenvalue weighted by atomic mass is 10.3. The highest BCUT2D eigenvalue weighted by atomic mass is 35.5. The second kappa shape index (κ2) is 9.01. The molecule has 2 rings (SSSR count). The van der Waals surface area contributed by atoms with E-state index in [1.165, 1.54) is 6.20 Å². The van der Waals surface area contributed by atoms with Gasteiger partial charge in [0.1, 0.15) is 5.82 Å². The van der Waals surface area contributed by atoms with Crippen molar-refractivity contribution < 1.29 is 9.59 Å². The van der Waals surface area contributed by atoms with E-state index in [1.807, 2.05) is 0 Å². The molecule has 0 aliphatic rings. The van der Waals surface area contributed by atoms with Crippen LogP contribution in [-0.4, -0.2) is 41.8 Å². The number of hydrogen-bond donors (Lipinski definition) is 2. The maximum absolute atomic E-state index is 12.1. The summed E-state index contributed by atoms with van der Waals surface area (Å²) in [6, 6.07) is 8.14. The molecule has 2 N–H and O–H groups in total. The summed E-state index contributed by atoms with van der Waals surface area (Å²) in [6.07, 6.45) is 1.43. The fraction of sp³-hybridized carbons (Fsp3) is 0.188. The number of rotatable bonds is 6. The molecule has 25 heavy (non-hydrogen) atoms. The minimum Gasteiger partial charge on any atom is -0.322 e. The Hall–Kier alpha value is -1.86. The van der Waals surface area contributed by atoms with E-state index < -0.39 is 0 Å². The van der Waals surface area contributed by atoms with Gasteiger partial charge in [0.2, 0.25) is 11.8 Å². The van der Waals surface area contributed by atoms with Gasteiger partial charge in [-0.15, -0.1) is 0 Å². The largest absolute Gasteiger partial charge is 0.322 e. The lowest BCUT2D eigenvalue weighted by Gasteiger charge is -2.16. The average Bonchev–Trinajstić information content (AvgIpc) is 2.53. The van der Waals surface area contributed by atoms with Crippen molar-refractivity contribution >= 4 is 58.1 Å². The quantitative estimate of drug-likeness (QED) is 0.776. The van der Waals surface area contributed by atoms with E-state index in [2.05, 4.69) is 15.6 Å². The first-order chi connectivity index (χ1) is 11.8. The molecule has 9 heteroatoms. The zero-order valence-electron chi connectivity index (χ0n) is 13.2. The number of nitrogens with one attached hydrogen (secondary N) is 2. The molecule has 1 aromatic carbocycles.